The molecule has 0 amide bonds. The van der Waals surface area contributed by atoms with E-state index in [1.165, 1.54) is 7.11 Å². The Morgan fingerprint density at radius 3 is 2.33 bits per heavy atom. The van der Waals surface area contributed by atoms with Gasteiger partial charge in [0, 0.05) is 0 Å². The highest BCUT2D eigenvalue weighted by molar-refractivity contribution is 5.90. The number of carbonyl (C=O) groups excluding carboxylic acids is 1. The summed E-state index contributed by atoms with van der Waals surface area (Å²) >= 11 is 0. The molecule has 1 rings (SSSR count). The lowest BCUT2D eigenvalue weighted by Gasteiger charge is -2.14. The van der Waals surface area contributed by atoms with E-state index in [9.17, 15) is 4.79 Å². The molecule has 0 aliphatic rings. The molecule has 21 heavy (non-hydrogen) atoms. The van der Waals surface area contributed by atoms with Crippen molar-refractivity contribution in [1.29, 1.82) is 0 Å². The Hall–Kier alpha value is -1.75. The summed E-state index contributed by atoms with van der Waals surface area (Å²) in [5, 5.41) is 0. The first kappa shape index (κ1) is 17.3. The van der Waals surface area contributed by atoms with Crippen LogP contribution in [0.25, 0.3) is 0 Å². The lowest BCUT2D eigenvalue weighted by molar-refractivity contribution is 0.0176. The minimum Gasteiger partial charge on any atom is -0.493 e. The fourth-order valence-corrected chi connectivity index (χ4v) is 1.65. The Bertz CT molecular complexity index is 454. The molecule has 0 spiro atoms. The van der Waals surface area contributed by atoms with E-state index < -0.39 is 5.97 Å². The zero-order chi connectivity index (χ0) is 15.8. The van der Waals surface area contributed by atoms with E-state index in [0.29, 0.717) is 23.7 Å². The molecule has 0 atom stereocenters. The Labute approximate surface area is 126 Å². The van der Waals surface area contributed by atoms with Gasteiger partial charge in [-0.15, -0.1) is 0 Å². The van der Waals surface area contributed by atoms with Crippen LogP contribution in [-0.2, 0) is 9.47 Å². The smallest absolute Gasteiger partial charge is 0.338 e. The largest absolute Gasteiger partial charge is 0.493 e. The summed E-state index contributed by atoms with van der Waals surface area (Å²) in [6.45, 7) is 8.33. The van der Waals surface area contributed by atoms with Crippen LogP contribution in [0.4, 0.5) is 0 Å². The third-order valence-corrected chi connectivity index (χ3v) is 2.53. The number of hydrogen-bond donors (Lipinski definition) is 0. The standard InChI is InChI=1S/C16H24O5/c1-11(2)19-8-9-20-16(17)13-6-7-14(21-12(3)4)15(10-13)18-5/h6-7,10-12H,8-9H2,1-5H3. The predicted octanol–water partition coefficient (Wildman–Crippen LogP) is 3.06. The quantitative estimate of drug-likeness (QED) is 0.545. The van der Waals surface area contributed by atoms with Crippen molar-refractivity contribution in [3.8, 4) is 11.5 Å². The molecule has 0 saturated carbocycles. The summed E-state index contributed by atoms with van der Waals surface area (Å²) in [6, 6.07) is 4.98. The third kappa shape index (κ3) is 6.04. The lowest BCUT2D eigenvalue weighted by atomic mass is 10.2. The van der Waals surface area contributed by atoms with Crippen LogP contribution in [0.3, 0.4) is 0 Å². The van der Waals surface area contributed by atoms with Crippen molar-refractivity contribution in [2.24, 2.45) is 0 Å². The van der Waals surface area contributed by atoms with Gasteiger partial charge >= 0.3 is 5.97 Å². The maximum atomic E-state index is 11.9. The molecule has 0 aliphatic carbocycles. The zero-order valence-corrected chi connectivity index (χ0v) is 13.3. The molecule has 5 heteroatoms. The van der Waals surface area contributed by atoms with Crippen molar-refractivity contribution in [3.05, 3.63) is 23.8 Å². The highest BCUT2D eigenvalue weighted by Gasteiger charge is 2.13. The number of carbonyl (C=O) groups is 1. The second-order valence-electron chi connectivity index (χ2n) is 5.09. The second-order valence-corrected chi connectivity index (χ2v) is 5.09. The average molecular weight is 296 g/mol. The van der Waals surface area contributed by atoms with E-state index in [2.05, 4.69) is 0 Å². The number of benzene rings is 1. The van der Waals surface area contributed by atoms with Crippen LogP contribution in [-0.4, -0.2) is 38.5 Å². The maximum Gasteiger partial charge on any atom is 0.338 e. The first-order valence-corrected chi connectivity index (χ1v) is 7.07. The fourth-order valence-electron chi connectivity index (χ4n) is 1.65. The van der Waals surface area contributed by atoms with E-state index in [-0.39, 0.29) is 18.8 Å². The number of methoxy groups -OCH3 is 1. The molecule has 1 aromatic rings. The van der Waals surface area contributed by atoms with Gasteiger partial charge in [0.05, 0.1) is 31.5 Å². The van der Waals surface area contributed by atoms with Gasteiger partial charge in [-0.05, 0) is 45.9 Å². The van der Waals surface area contributed by atoms with Gasteiger partial charge in [-0.2, -0.15) is 0 Å². The van der Waals surface area contributed by atoms with Gasteiger partial charge in [0.25, 0.3) is 0 Å². The molecule has 0 aromatic heterocycles. The molecule has 0 fully saturated rings. The van der Waals surface area contributed by atoms with Crippen molar-refractivity contribution in [2.45, 2.75) is 39.9 Å². The molecular formula is C16H24O5. The van der Waals surface area contributed by atoms with E-state index in [4.69, 9.17) is 18.9 Å². The SMILES string of the molecule is COc1cc(C(=O)OCCOC(C)C)ccc1OC(C)C. The Morgan fingerprint density at radius 1 is 1.05 bits per heavy atom. The third-order valence-electron chi connectivity index (χ3n) is 2.53. The van der Waals surface area contributed by atoms with Gasteiger partial charge in [0.15, 0.2) is 11.5 Å². The average Bonchev–Trinajstić information content (AvgIpc) is 2.43. The predicted molar refractivity (Wildman–Crippen MR) is 80.1 cm³/mol. The van der Waals surface area contributed by atoms with E-state index in [1.54, 1.807) is 18.2 Å². The summed E-state index contributed by atoms with van der Waals surface area (Å²) in [5.41, 5.74) is 0.424. The minimum atomic E-state index is -0.406. The van der Waals surface area contributed by atoms with Crippen LogP contribution in [0, 0.1) is 0 Å². The molecule has 5 nitrogen and oxygen atoms in total. The molecular weight excluding hydrogens is 272 g/mol. The van der Waals surface area contributed by atoms with Crippen LogP contribution in [0.5, 0.6) is 11.5 Å². The molecule has 0 saturated heterocycles. The van der Waals surface area contributed by atoms with Gasteiger partial charge < -0.3 is 18.9 Å². The number of ether oxygens (including phenoxy) is 4. The summed E-state index contributed by atoms with van der Waals surface area (Å²) in [6.07, 6.45) is 0.154. The lowest BCUT2D eigenvalue weighted by Crippen LogP contribution is -2.14. The van der Waals surface area contributed by atoms with Crippen molar-refractivity contribution in [2.75, 3.05) is 20.3 Å². The molecule has 0 heterocycles. The summed E-state index contributed by atoms with van der Waals surface area (Å²) in [7, 11) is 1.54. The highest BCUT2D eigenvalue weighted by atomic mass is 16.6. The van der Waals surface area contributed by atoms with Crippen molar-refractivity contribution in [1.82, 2.24) is 0 Å². The Kier molecular flexibility index (Phi) is 7.02. The summed E-state index contributed by atoms with van der Waals surface area (Å²) in [4.78, 5) is 11.9. The maximum absolute atomic E-state index is 11.9. The first-order valence-electron chi connectivity index (χ1n) is 7.07. The number of rotatable bonds is 8. The van der Waals surface area contributed by atoms with E-state index in [1.807, 2.05) is 27.7 Å². The zero-order valence-electron chi connectivity index (χ0n) is 13.3. The monoisotopic (exact) mass is 296 g/mol. The highest BCUT2D eigenvalue weighted by Crippen LogP contribution is 2.29. The summed E-state index contributed by atoms with van der Waals surface area (Å²) in [5.74, 6) is 0.709. The molecule has 118 valence electrons. The van der Waals surface area contributed by atoms with Crippen LogP contribution in [0.2, 0.25) is 0 Å². The normalized spacial score (nSPS) is 10.8. The second kappa shape index (κ2) is 8.52. The molecule has 0 N–H and O–H groups in total. The Balaban J connectivity index is 2.64. The molecule has 0 unspecified atom stereocenters. The van der Waals surface area contributed by atoms with Crippen LogP contribution in [0.1, 0.15) is 38.1 Å². The number of hydrogen-bond acceptors (Lipinski definition) is 5. The van der Waals surface area contributed by atoms with Crippen LogP contribution < -0.4 is 9.47 Å². The van der Waals surface area contributed by atoms with E-state index in [0.717, 1.165) is 0 Å². The molecule has 0 aliphatic heterocycles. The molecule has 0 radical (unpaired) electrons. The van der Waals surface area contributed by atoms with Crippen LogP contribution >= 0.6 is 0 Å². The van der Waals surface area contributed by atoms with Gasteiger partial charge in [0.2, 0.25) is 0 Å². The number of esters is 1. The fraction of sp³-hybridized carbons (Fsp3) is 0.562. The van der Waals surface area contributed by atoms with Gasteiger partial charge in [0.1, 0.15) is 6.61 Å². The van der Waals surface area contributed by atoms with E-state index >= 15 is 0 Å². The molecule has 0 bridgehead atoms. The summed E-state index contributed by atoms with van der Waals surface area (Å²) < 4.78 is 21.3. The van der Waals surface area contributed by atoms with Crippen molar-refractivity contribution in [3.63, 3.8) is 0 Å². The van der Waals surface area contributed by atoms with Crippen LogP contribution in [0.15, 0.2) is 18.2 Å². The van der Waals surface area contributed by atoms with Gasteiger partial charge in [-0.25, -0.2) is 4.79 Å². The molecule has 1 aromatic carbocycles. The van der Waals surface area contributed by atoms with Gasteiger partial charge in [-0.3, -0.25) is 0 Å². The first-order chi connectivity index (χ1) is 9.93. The van der Waals surface area contributed by atoms with Crippen molar-refractivity contribution >= 4 is 5.97 Å². The van der Waals surface area contributed by atoms with Crippen molar-refractivity contribution < 1.29 is 23.7 Å². The van der Waals surface area contributed by atoms with Gasteiger partial charge in [-0.1, -0.05) is 0 Å². The topological polar surface area (TPSA) is 54.0 Å². The Morgan fingerprint density at radius 2 is 1.76 bits per heavy atom. The minimum absolute atomic E-state index is 0.0323.